The number of carbonyl (C=O) groups excluding carboxylic acids is 1. The Morgan fingerprint density at radius 3 is 2.62 bits per heavy atom. The number of rotatable bonds is 4. The van der Waals surface area contributed by atoms with Crippen molar-refractivity contribution < 1.29 is 9.53 Å². The summed E-state index contributed by atoms with van der Waals surface area (Å²) >= 11 is 0. The largest absolute Gasteiger partial charge is 0.497 e. The molecule has 0 aliphatic carbocycles. The highest BCUT2D eigenvalue weighted by atomic mass is 16.5. The molecule has 1 aliphatic rings. The van der Waals surface area contributed by atoms with E-state index in [4.69, 9.17) is 9.72 Å². The SMILES string of the molecule is CCc1nc(N2CCN(C(=O)c3cccc(OC)c3)CC2)c2c(n1)c(C)nn2C. The van der Waals surface area contributed by atoms with Gasteiger partial charge in [0.2, 0.25) is 0 Å². The smallest absolute Gasteiger partial charge is 0.254 e. The van der Waals surface area contributed by atoms with Crippen molar-refractivity contribution >= 4 is 22.8 Å². The van der Waals surface area contributed by atoms with Crippen LogP contribution in [0.4, 0.5) is 5.82 Å². The number of carbonyl (C=O) groups is 1. The number of methoxy groups -OCH3 is 1. The van der Waals surface area contributed by atoms with Gasteiger partial charge in [0.1, 0.15) is 22.6 Å². The van der Waals surface area contributed by atoms with Crippen LogP contribution in [0.5, 0.6) is 5.75 Å². The summed E-state index contributed by atoms with van der Waals surface area (Å²) in [6, 6.07) is 7.30. The number of fused-ring (bicyclic) bond motifs is 1. The highest BCUT2D eigenvalue weighted by Crippen LogP contribution is 2.27. The number of piperazine rings is 1. The van der Waals surface area contributed by atoms with Gasteiger partial charge in [-0.1, -0.05) is 13.0 Å². The third-order valence-corrected chi connectivity index (χ3v) is 5.38. The minimum absolute atomic E-state index is 0.0296. The van der Waals surface area contributed by atoms with Crippen LogP contribution in [-0.4, -0.2) is 63.8 Å². The first-order valence-corrected chi connectivity index (χ1v) is 9.90. The Labute approximate surface area is 170 Å². The van der Waals surface area contributed by atoms with Crippen molar-refractivity contribution in [2.45, 2.75) is 20.3 Å². The summed E-state index contributed by atoms with van der Waals surface area (Å²) in [5.41, 5.74) is 3.42. The molecule has 0 atom stereocenters. The maximum Gasteiger partial charge on any atom is 0.254 e. The van der Waals surface area contributed by atoms with Gasteiger partial charge in [0.25, 0.3) is 5.91 Å². The summed E-state index contributed by atoms with van der Waals surface area (Å²) in [4.78, 5) is 26.5. The van der Waals surface area contributed by atoms with Crippen LogP contribution in [0.2, 0.25) is 0 Å². The van der Waals surface area contributed by atoms with Crippen molar-refractivity contribution in [1.82, 2.24) is 24.6 Å². The van der Waals surface area contributed by atoms with Gasteiger partial charge >= 0.3 is 0 Å². The second kappa shape index (κ2) is 7.69. The predicted octanol–water partition coefficient (Wildman–Crippen LogP) is 2.21. The molecule has 0 saturated carbocycles. The molecule has 4 rings (SSSR count). The lowest BCUT2D eigenvalue weighted by Gasteiger charge is -2.35. The van der Waals surface area contributed by atoms with E-state index >= 15 is 0 Å². The maximum absolute atomic E-state index is 12.9. The molecule has 0 N–H and O–H groups in total. The number of aryl methyl sites for hydroxylation is 3. The molecule has 29 heavy (non-hydrogen) atoms. The Balaban J connectivity index is 1.56. The Kier molecular flexibility index (Phi) is 5.08. The summed E-state index contributed by atoms with van der Waals surface area (Å²) in [7, 11) is 3.53. The number of amides is 1. The monoisotopic (exact) mass is 394 g/mol. The van der Waals surface area contributed by atoms with E-state index in [-0.39, 0.29) is 5.91 Å². The normalized spacial score (nSPS) is 14.5. The molecule has 0 spiro atoms. The lowest BCUT2D eigenvalue weighted by atomic mass is 10.1. The third kappa shape index (κ3) is 3.50. The predicted molar refractivity (Wildman–Crippen MR) is 112 cm³/mol. The number of anilines is 1. The van der Waals surface area contributed by atoms with Crippen LogP contribution in [0.15, 0.2) is 24.3 Å². The van der Waals surface area contributed by atoms with Crippen molar-refractivity contribution in [3.63, 3.8) is 0 Å². The van der Waals surface area contributed by atoms with Crippen LogP contribution in [-0.2, 0) is 13.5 Å². The number of benzene rings is 1. The lowest BCUT2D eigenvalue weighted by Crippen LogP contribution is -2.49. The first-order chi connectivity index (χ1) is 14.0. The average molecular weight is 394 g/mol. The maximum atomic E-state index is 12.9. The molecule has 1 amide bonds. The van der Waals surface area contributed by atoms with E-state index < -0.39 is 0 Å². The van der Waals surface area contributed by atoms with Crippen LogP contribution in [0.3, 0.4) is 0 Å². The summed E-state index contributed by atoms with van der Waals surface area (Å²) in [5, 5.41) is 4.53. The van der Waals surface area contributed by atoms with E-state index in [1.807, 2.05) is 41.8 Å². The number of hydrogen-bond acceptors (Lipinski definition) is 6. The van der Waals surface area contributed by atoms with Crippen LogP contribution in [0, 0.1) is 6.92 Å². The van der Waals surface area contributed by atoms with Gasteiger partial charge in [-0.25, -0.2) is 9.97 Å². The summed E-state index contributed by atoms with van der Waals surface area (Å²) in [6.07, 6.45) is 0.769. The van der Waals surface area contributed by atoms with Gasteiger partial charge in [-0.15, -0.1) is 0 Å². The Hall–Kier alpha value is -3.16. The molecule has 1 aliphatic heterocycles. The zero-order chi connectivity index (χ0) is 20.5. The van der Waals surface area contributed by atoms with Crippen LogP contribution in [0.1, 0.15) is 28.8 Å². The number of nitrogens with zero attached hydrogens (tertiary/aromatic N) is 6. The minimum Gasteiger partial charge on any atom is -0.497 e. The fourth-order valence-corrected chi connectivity index (χ4v) is 3.80. The number of ether oxygens (including phenoxy) is 1. The molecular weight excluding hydrogens is 368 g/mol. The van der Waals surface area contributed by atoms with Crippen molar-refractivity contribution in [2.75, 3.05) is 38.2 Å². The second-order valence-electron chi connectivity index (χ2n) is 7.23. The van der Waals surface area contributed by atoms with E-state index in [9.17, 15) is 4.79 Å². The van der Waals surface area contributed by atoms with Crippen molar-refractivity contribution in [3.8, 4) is 5.75 Å². The number of aromatic nitrogens is 4. The third-order valence-electron chi connectivity index (χ3n) is 5.38. The molecule has 0 bridgehead atoms. The van der Waals surface area contributed by atoms with Crippen molar-refractivity contribution in [3.05, 3.63) is 41.3 Å². The first-order valence-electron chi connectivity index (χ1n) is 9.90. The first kappa shape index (κ1) is 19.2. The molecular formula is C21H26N6O2. The Morgan fingerprint density at radius 2 is 1.93 bits per heavy atom. The zero-order valence-corrected chi connectivity index (χ0v) is 17.3. The van der Waals surface area contributed by atoms with Gasteiger partial charge < -0.3 is 14.5 Å². The molecule has 1 saturated heterocycles. The standard InChI is InChI=1S/C21H26N6O2/c1-5-17-22-18-14(2)24-25(3)19(18)20(23-17)26-9-11-27(12-10-26)21(28)15-7-6-8-16(13-15)29-4/h6-8,13H,5,9-12H2,1-4H3. The fourth-order valence-electron chi connectivity index (χ4n) is 3.80. The molecule has 3 aromatic rings. The van der Waals surface area contributed by atoms with Crippen molar-refractivity contribution in [1.29, 1.82) is 0 Å². The van der Waals surface area contributed by atoms with E-state index in [0.29, 0.717) is 24.4 Å². The average Bonchev–Trinajstić information content (AvgIpc) is 3.06. The highest BCUT2D eigenvalue weighted by Gasteiger charge is 2.26. The van der Waals surface area contributed by atoms with E-state index in [0.717, 1.165) is 47.9 Å². The Bertz CT molecular complexity index is 1050. The number of hydrogen-bond donors (Lipinski definition) is 0. The highest BCUT2D eigenvalue weighted by molar-refractivity contribution is 5.95. The van der Waals surface area contributed by atoms with Gasteiger partial charge in [0.15, 0.2) is 5.82 Å². The quantitative estimate of drug-likeness (QED) is 0.675. The van der Waals surface area contributed by atoms with E-state index in [1.54, 1.807) is 13.2 Å². The molecule has 0 radical (unpaired) electrons. The van der Waals surface area contributed by atoms with Gasteiger partial charge in [-0.3, -0.25) is 9.48 Å². The van der Waals surface area contributed by atoms with Gasteiger partial charge in [-0.2, -0.15) is 5.10 Å². The molecule has 8 nitrogen and oxygen atoms in total. The molecule has 152 valence electrons. The molecule has 0 unspecified atom stereocenters. The lowest BCUT2D eigenvalue weighted by molar-refractivity contribution is 0.0746. The van der Waals surface area contributed by atoms with Crippen LogP contribution in [0.25, 0.3) is 11.0 Å². The van der Waals surface area contributed by atoms with E-state index in [1.165, 1.54) is 0 Å². The van der Waals surface area contributed by atoms with Gasteiger partial charge in [0.05, 0.1) is 12.8 Å². The zero-order valence-electron chi connectivity index (χ0n) is 17.3. The van der Waals surface area contributed by atoms with Crippen LogP contribution >= 0.6 is 0 Å². The van der Waals surface area contributed by atoms with Gasteiger partial charge in [0, 0.05) is 45.2 Å². The fraction of sp³-hybridized carbons (Fsp3) is 0.429. The summed E-state index contributed by atoms with van der Waals surface area (Å²) < 4.78 is 7.10. The molecule has 8 heteroatoms. The topological polar surface area (TPSA) is 76.4 Å². The van der Waals surface area contributed by atoms with E-state index in [2.05, 4.69) is 21.9 Å². The van der Waals surface area contributed by atoms with Crippen molar-refractivity contribution in [2.24, 2.45) is 7.05 Å². The Morgan fingerprint density at radius 1 is 1.17 bits per heavy atom. The molecule has 1 aromatic carbocycles. The summed E-state index contributed by atoms with van der Waals surface area (Å²) in [6.45, 7) is 6.74. The molecule has 1 fully saturated rings. The summed E-state index contributed by atoms with van der Waals surface area (Å²) in [5.74, 6) is 2.44. The van der Waals surface area contributed by atoms with Crippen LogP contribution < -0.4 is 9.64 Å². The molecule has 3 heterocycles. The van der Waals surface area contributed by atoms with Gasteiger partial charge in [-0.05, 0) is 25.1 Å². The molecule has 2 aromatic heterocycles. The second-order valence-corrected chi connectivity index (χ2v) is 7.23. The minimum atomic E-state index is 0.0296.